The number of nitrogens with zero attached hydrogens (tertiary/aromatic N) is 1. The van der Waals surface area contributed by atoms with Crippen molar-refractivity contribution >= 4 is 11.6 Å². The molecular weight excluding hydrogens is 379 g/mol. The summed E-state index contributed by atoms with van der Waals surface area (Å²) in [6.45, 7) is -0.0718. The average molecular weight is 399 g/mol. The second-order valence-corrected chi connectivity index (χ2v) is 5.55. The topological polar surface area (TPSA) is 98.3 Å². The summed E-state index contributed by atoms with van der Waals surface area (Å²) in [4.78, 5) is 4.03. The van der Waals surface area contributed by atoms with Gasteiger partial charge in [0, 0.05) is 11.3 Å². The maximum Gasteiger partial charge on any atom is 0.573 e. The molecule has 0 amide bonds. The van der Waals surface area contributed by atoms with Gasteiger partial charge < -0.3 is 30.4 Å². The average Bonchev–Trinajstić information content (AvgIpc) is 2.66. The van der Waals surface area contributed by atoms with Crippen LogP contribution in [0.2, 0.25) is 0 Å². The number of benzene rings is 2. The number of guanidine groups is 1. The molecule has 152 valence electrons. The summed E-state index contributed by atoms with van der Waals surface area (Å²) in [5.74, 6) is 0.640. The Morgan fingerprint density at radius 3 is 2.32 bits per heavy atom. The fourth-order valence-corrected chi connectivity index (χ4v) is 2.31. The molecular formula is C18H20F3N3O4. The van der Waals surface area contributed by atoms with Gasteiger partial charge in [-0.05, 0) is 42.5 Å². The van der Waals surface area contributed by atoms with Crippen molar-refractivity contribution in [3.63, 3.8) is 0 Å². The molecule has 0 aromatic heterocycles. The number of alkyl halides is 3. The number of nitrogens with one attached hydrogen (secondary N) is 1. The van der Waals surface area contributed by atoms with E-state index in [-0.39, 0.29) is 18.3 Å². The minimum Gasteiger partial charge on any atom is -0.497 e. The maximum atomic E-state index is 12.2. The fraction of sp³-hybridized carbons (Fsp3) is 0.278. The number of rotatable bonds is 7. The highest BCUT2D eigenvalue weighted by Crippen LogP contribution is 2.29. The van der Waals surface area contributed by atoms with Crippen LogP contribution >= 0.6 is 0 Å². The molecule has 0 saturated heterocycles. The Morgan fingerprint density at radius 1 is 1.11 bits per heavy atom. The molecule has 28 heavy (non-hydrogen) atoms. The molecule has 0 aliphatic carbocycles. The highest BCUT2D eigenvalue weighted by molar-refractivity contribution is 5.92. The lowest BCUT2D eigenvalue weighted by molar-refractivity contribution is -0.274. The summed E-state index contributed by atoms with van der Waals surface area (Å²) in [5, 5.41) is 13.1. The number of aliphatic hydroxyl groups is 1. The Morgan fingerprint density at radius 2 is 1.75 bits per heavy atom. The van der Waals surface area contributed by atoms with Crippen molar-refractivity contribution < 1.29 is 32.5 Å². The first-order valence-electron chi connectivity index (χ1n) is 8.04. The van der Waals surface area contributed by atoms with E-state index in [9.17, 15) is 18.3 Å². The van der Waals surface area contributed by atoms with Gasteiger partial charge in [-0.25, -0.2) is 0 Å². The largest absolute Gasteiger partial charge is 0.573 e. The van der Waals surface area contributed by atoms with E-state index < -0.39 is 12.5 Å². The summed E-state index contributed by atoms with van der Waals surface area (Å²) in [6.07, 6.45) is -5.76. The van der Waals surface area contributed by atoms with Crippen LogP contribution in [0.1, 0.15) is 11.7 Å². The van der Waals surface area contributed by atoms with Crippen molar-refractivity contribution in [1.29, 1.82) is 0 Å². The van der Waals surface area contributed by atoms with Gasteiger partial charge in [-0.2, -0.15) is 0 Å². The summed E-state index contributed by atoms with van der Waals surface area (Å²) >= 11 is 0. The number of halogens is 3. The third-order valence-corrected chi connectivity index (χ3v) is 3.59. The third-order valence-electron chi connectivity index (χ3n) is 3.59. The van der Waals surface area contributed by atoms with Gasteiger partial charge >= 0.3 is 6.36 Å². The van der Waals surface area contributed by atoms with E-state index in [0.717, 1.165) is 12.1 Å². The van der Waals surface area contributed by atoms with E-state index in [1.165, 1.54) is 26.4 Å². The fourth-order valence-electron chi connectivity index (χ4n) is 2.31. The molecule has 2 rings (SSSR count). The molecule has 0 bridgehead atoms. The van der Waals surface area contributed by atoms with Crippen molar-refractivity contribution in [2.45, 2.75) is 12.5 Å². The standard InChI is InChI=1S/C18H20F3N3O4/c1-26-13-7-8-16(27-2)14(9-13)15(25)10-23-17(22)24-11-3-5-12(6-4-11)28-18(19,20)21/h3-9,15,25H,10H2,1-2H3,(H3,22,23,24). The maximum absolute atomic E-state index is 12.2. The molecule has 0 radical (unpaired) electrons. The zero-order valence-corrected chi connectivity index (χ0v) is 15.2. The normalized spacial score (nSPS) is 13.0. The van der Waals surface area contributed by atoms with E-state index in [2.05, 4.69) is 15.0 Å². The third kappa shape index (κ3) is 6.23. The second-order valence-electron chi connectivity index (χ2n) is 5.55. The molecule has 2 aromatic rings. The van der Waals surface area contributed by atoms with Crippen LogP contribution < -0.4 is 25.3 Å². The quantitative estimate of drug-likeness (QED) is 0.489. The Bertz CT molecular complexity index is 811. The monoisotopic (exact) mass is 399 g/mol. The number of anilines is 1. The molecule has 0 saturated carbocycles. The van der Waals surface area contributed by atoms with Crippen LogP contribution in [0.25, 0.3) is 0 Å². The van der Waals surface area contributed by atoms with E-state index in [4.69, 9.17) is 15.2 Å². The van der Waals surface area contributed by atoms with Crippen molar-refractivity contribution in [2.75, 3.05) is 26.1 Å². The first kappa shape index (κ1) is 21.2. The first-order chi connectivity index (χ1) is 13.2. The molecule has 0 aliphatic rings. The van der Waals surface area contributed by atoms with Gasteiger partial charge in [-0.15, -0.1) is 13.2 Å². The molecule has 0 spiro atoms. The number of nitrogens with two attached hydrogens (primary N) is 1. The number of aliphatic hydroxyl groups excluding tert-OH is 1. The summed E-state index contributed by atoms with van der Waals surface area (Å²) < 4.78 is 50.6. The van der Waals surface area contributed by atoms with Crippen molar-refractivity contribution in [2.24, 2.45) is 10.7 Å². The van der Waals surface area contributed by atoms with E-state index in [1.54, 1.807) is 18.2 Å². The minimum absolute atomic E-state index is 0.0228. The highest BCUT2D eigenvalue weighted by atomic mass is 19.4. The number of aliphatic imine (C=N–C) groups is 1. The second kappa shape index (κ2) is 9.18. The minimum atomic E-state index is -4.76. The Balaban J connectivity index is 2.00. The molecule has 1 atom stereocenters. The van der Waals surface area contributed by atoms with Crippen LogP contribution in [-0.4, -0.2) is 38.2 Å². The van der Waals surface area contributed by atoms with Gasteiger partial charge in [0.25, 0.3) is 0 Å². The molecule has 1 unspecified atom stereocenters. The van der Waals surface area contributed by atoms with Gasteiger partial charge in [0.2, 0.25) is 0 Å². The molecule has 4 N–H and O–H groups in total. The zero-order valence-electron chi connectivity index (χ0n) is 15.2. The smallest absolute Gasteiger partial charge is 0.497 e. The van der Waals surface area contributed by atoms with Crippen LogP contribution in [-0.2, 0) is 0 Å². The van der Waals surface area contributed by atoms with Gasteiger partial charge in [-0.1, -0.05) is 0 Å². The number of hydrogen-bond donors (Lipinski definition) is 3. The SMILES string of the molecule is COc1ccc(OC)c(C(O)CN=C(N)Nc2ccc(OC(F)(F)F)cc2)c1. The van der Waals surface area contributed by atoms with Crippen molar-refractivity contribution in [1.82, 2.24) is 0 Å². The number of hydrogen-bond acceptors (Lipinski definition) is 5. The lowest BCUT2D eigenvalue weighted by atomic mass is 10.1. The lowest BCUT2D eigenvalue weighted by Crippen LogP contribution is -2.23. The number of ether oxygens (including phenoxy) is 3. The van der Waals surface area contributed by atoms with E-state index >= 15 is 0 Å². The van der Waals surface area contributed by atoms with Crippen molar-refractivity contribution in [3.8, 4) is 17.2 Å². The lowest BCUT2D eigenvalue weighted by Gasteiger charge is -2.15. The van der Waals surface area contributed by atoms with Crippen LogP contribution in [0.3, 0.4) is 0 Å². The van der Waals surface area contributed by atoms with Crippen LogP contribution in [0.5, 0.6) is 17.2 Å². The molecule has 0 heterocycles. The first-order valence-corrected chi connectivity index (χ1v) is 8.04. The Labute approximate surface area is 159 Å². The van der Waals surface area contributed by atoms with Crippen LogP contribution in [0.4, 0.5) is 18.9 Å². The van der Waals surface area contributed by atoms with Gasteiger partial charge in [-0.3, -0.25) is 4.99 Å². The molecule has 0 fully saturated rings. The van der Waals surface area contributed by atoms with E-state index in [0.29, 0.717) is 22.7 Å². The summed E-state index contributed by atoms with van der Waals surface area (Å²) in [6, 6.07) is 9.96. The Hall–Kier alpha value is -3.14. The summed E-state index contributed by atoms with van der Waals surface area (Å²) in [7, 11) is 2.98. The van der Waals surface area contributed by atoms with Gasteiger partial charge in [0.1, 0.15) is 23.4 Å². The summed E-state index contributed by atoms with van der Waals surface area (Å²) in [5.41, 5.74) is 6.64. The predicted octanol–water partition coefficient (Wildman–Crippen LogP) is 3.06. The molecule has 0 aliphatic heterocycles. The molecule has 7 nitrogen and oxygen atoms in total. The molecule has 10 heteroatoms. The Kier molecular flexibility index (Phi) is 6.94. The zero-order chi connectivity index (χ0) is 20.7. The van der Waals surface area contributed by atoms with Gasteiger partial charge in [0.15, 0.2) is 5.96 Å². The predicted molar refractivity (Wildman–Crippen MR) is 97.7 cm³/mol. The molecule has 2 aromatic carbocycles. The van der Waals surface area contributed by atoms with Crippen LogP contribution in [0, 0.1) is 0 Å². The van der Waals surface area contributed by atoms with Crippen LogP contribution in [0.15, 0.2) is 47.5 Å². The van der Waals surface area contributed by atoms with Gasteiger partial charge in [0.05, 0.1) is 20.8 Å². The van der Waals surface area contributed by atoms with E-state index in [1.807, 2.05) is 0 Å². The van der Waals surface area contributed by atoms with Crippen molar-refractivity contribution in [3.05, 3.63) is 48.0 Å². The number of methoxy groups -OCH3 is 2. The highest BCUT2D eigenvalue weighted by Gasteiger charge is 2.30.